The number of hydrogen-bond donors (Lipinski definition) is 0. The van der Waals surface area contributed by atoms with Crippen molar-refractivity contribution in [3.05, 3.63) is 40.6 Å². The van der Waals surface area contributed by atoms with Crippen LogP contribution in [0.15, 0.2) is 29.8 Å². The molecule has 2 aromatic heterocycles. The summed E-state index contributed by atoms with van der Waals surface area (Å²) in [6.07, 6.45) is 2.55. The lowest BCUT2D eigenvalue weighted by Gasteiger charge is -2.01. The first-order valence-corrected chi connectivity index (χ1v) is 5.74. The van der Waals surface area contributed by atoms with Crippen molar-refractivity contribution in [2.45, 2.75) is 6.42 Å². The van der Waals surface area contributed by atoms with Crippen LogP contribution in [-0.4, -0.2) is 16.6 Å². The average molecular weight is 241 g/mol. The Hall–Kier alpha value is -1.13. The lowest BCUT2D eigenvalue weighted by Crippen LogP contribution is -2.02. The quantitative estimate of drug-likeness (QED) is 0.824. The Morgan fingerprint density at radius 2 is 2.33 bits per heavy atom. The minimum Gasteiger partial charge on any atom is -0.470 e. The maximum Gasteiger partial charge on any atom is 0.274 e. The summed E-state index contributed by atoms with van der Waals surface area (Å²) in [6, 6.07) is 5.83. The number of pyridine rings is 1. The first-order valence-electron chi connectivity index (χ1n) is 4.48. The smallest absolute Gasteiger partial charge is 0.274 e. The molecular weight excluding hydrogens is 232 g/mol. The Morgan fingerprint density at radius 1 is 1.40 bits per heavy atom. The van der Waals surface area contributed by atoms with Gasteiger partial charge in [-0.1, -0.05) is 29.0 Å². The Morgan fingerprint density at radius 3 is 3.00 bits per heavy atom. The molecule has 5 heteroatoms. The van der Waals surface area contributed by atoms with E-state index in [1.807, 2.05) is 18.2 Å². The van der Waals surface area contributed by atoms with Gasteiger partial charge in [-0.2, -0.15) is 4.98 Å². The van der Waals surface area contributed by atoms with Gasteiger partial charge >= 0.3 is 0 Å². The summed E-state index contributed by atoms with van der Waals surface area (Å²) in [4.78, 5) is 8.18. The fraction of sp³-hybridized carbons (Fsp3) is 0.200. The van der Waals surface area contributed by atoms with Crippen molar-refractivity contribution in [1.29, 1.82) is 0 Å². The van der Waals surface area contributed by atoms with Crippen LogP contribution < -0.4 is 4.74 Å². The van der Waals surface area contributed by atoms with Crippen LogP contribution in [0.1, 0.15) is 5.69 Å². The van der Waals surface area contributed by atoms with Crippen LogP contribution >= 0.6 is 22.9 Å². The van der Waals surface area contributed by atoms with Crippen LogP contribution in [0.25, 0.3) is 0 Å². The fourth-order valence-electron chi connectivity index (χ4n) is 1.09. The zero-order valence-electron chi connectivity index (χ0n) is 7.89. The third kappa shape index (κ3) is 3.18. The largest absolute Gasteiger partial charge is 0.470 e. The number of nitrogens with zero attached hydrogens (tertiary/aromatic N) is 2. The molecule has 78 valence electrons. The molecule has 0 saturated heterocycles. The lowest BCUT2D eigenvalue weighted by molar-refractivity contribution is 0.319. The molecule has 2 heterocycles. The molecule has 0 aromatic carbocycles. The molecule has 0 N–H and O–H groups in total. The van der Waals surface area contributed by atoms with Gasteiger partial charge in [0.25, 0.3) is 5.19 Å². The monoisotopic (exact) mass is 240 g/mol. The molecule has 0 aliphatic heterocycles. The number of aromatic nitrogens is 2. The van der Waals surface area contributed by atoms with Crippen molar-refractivity contribution in [2.75, 3.05) is 6.61 Å². The van der Waals surface area contributed by atoms with Gasteiger partial charge in [0, 0.05) is 23.7 Å². The molecule has 0 unspecified atom stereocenters. The molecule has 0 amide bonds. The second-order valence-corrected chi connectivity index (χ2v) is 4.06. The van der Waals surface area contributed by atoms with Gasteiger partial charge in [-0.3, -0.25) is 4.98 Å². The molecule has 15 heavy (non-hydrogen) atoms. The number of thiazole rings is 1. The summed E-state index contributed by atoms with van der Waals surface area (Å²) >= 11 is 7.06. The van der Waals surface area contributed by atoms with E-state index < -0.39 is 0 Å². The van der Waals surface area contributed by atoms with E-state index in [9.17, 15) is 0 Å². The third-order valence-electron chi connectivity index (χ3n) is 1.76. The van der Waals surface area contributed by atoms with Crippen molar-refractivity contribution in [3.63, 3.8) is 0 Å². The van der Waals surface area contributed by atoms with Gasteiger partial charge in [0.05, 0.1) is 6.61 Å². The van der Waals surface area contributed by atoms with E-state index in [1.54, 1.807) is 11.6 Å². The zero-order chi connectivity index (χ0) is 10.5. The lowest BCUT2D eigenvalue weighted by atomic mass is 10.3. The predicted molar refractivity (Wildman–Crippen MR) is 60.6 cm³/mol. The summed E-state index contributed by atoms with van der Waals surface area (Å²) in [5.41, 5.74) is 1.01. The van der Waals surface area contributed by atoms with Crippen LogP contribution in [0.3, 0.4) is 0 Å². The molecule has 0 aliphatic carbocycles. The van der Waals surface area contributed by atoms with E-state index in [4.69, 9.17) is 16.3 Å². The number of hydrogen-bond acceptors (Lipinski definition) is 4. The van der Waals surface area contributed by atoms with E-state index in [-0.39, 0.29) is 0 Å². The highest BCUT2D eigenvalue weighted by atomic mass is 35.5. The molecule has 0 radical (unpaired) electrons. The SMILES string of the molecule is Clc1csc(OCCc2ccccn2)n1. The molecular formula is C10H9ClN2OS. The number of ether oxygens (including phenoxy) is 1. The van der Waals surface area contributed by atoms with Gasteiger partial charge in [-0.05, 0) is 12.1 Å². The van der Waals surface area contributed by atoms with Crippen molar-refractivity contribution in [3.8, 4) is 5.19 Å². The first kappa shape index (κ1) is 10.4. The molecule has 0 saturated carbocycles. The van der Waals surface area contributed by atoms with E-state index in [0.717, 1.165) is 12.1 Å². The third-order valence-corrected chi connectivity index (χ3v) is 2.84. The van der Waals surface area contributed by atoms with E-state index >= 15 is 0 Å². The van der Waals surface area contributed by atoms with E-state index in [0.29, 0.717) is 17.0 Å². The number of rotatable bonds is 4. The van der Waals surface area contributed by atoms with Crippen LogP contribution in [0.2, 0.25) is 5.15 Å². The predicted octanol–water partition coefficient (Wildman–Crippen LogP) is 2.81. The molecule has 0 fully saturated rings. The van der Waals surface area contributed by atoms with Gasteiger partial charge < -0.3 is 4.74 Å². The molecule has 2 rings (SSSR count). The van der Waals surface area contributed by atoms with Gasteiger partial charge in [0.15, 0.2) is 0 Å². The van der Waals surface area contributed by atoms with Gasteiger partial charge in [0.2, 0.25) is 0 Å². The normalized spacial score (nSPS) is 10.2. The van der Waals surface area contributed by atoms with Crippen molar-refractivity contribution < 1.29 is 4.74 Å². The Bertz CT molecular complexity index is 418. The highest BCUT2D eigenvalue weighted by Crippen LogP contribution is 2.21. The maximum absolute atomic E-state index is 5.66. The maximum atomic E-state index is 5.66. The van der Waals surface area contributed by atoms with Crippen molar-refractivity contribution in [1.82, 2.24) is 9.97 Å². The summed E-state index contributed by atoms with van der Waals surface area (Å²) < 4.78 is 5.41. The van der Waals surface area contributed by atoms with E-state index in [1.165, 1.54) is 11.3 Å². The fourth-order valence-corrected chi connectivity index (χ4v) is 1.91. The van der Waals surface area contributed by atoms with Crippen molar-refractivity contribution >= 4 is 22.9 Å². The van der Waals surface area contributed by atoms with Gasteiger partial charge in [-0.25, -0.2) is 0 Å². The Labute approximate surface area is 96.7 Å². The zero-order valence-corrected chi connectivity index (χ0v) is 9.46. The first-order chi connectivity index (χ1) is 7.34. The molecule has 0 spiro atoms. The minimum atomic E-state index is 0.479. The Kier molecular flexibility index (Phi) is 3.53. The topological polar surface area (TPSA) is 35.0 Å². The second kappa shape index (κ2) is 5.09. The molecule has 2 aromatic rings. The highest BCUT2D eigenvalue weighted by molar-refractivity contribution is 7.11. The van der Waals surface area contributed by atoms with Crippen LogP contribution in [0.5, 0.6) is 5.19 Å². The molecule has 3 nitrogen and oxygen atoms in total. The minimum absolute atomic E-state index is 0.479. The van der Waals surface area contributed by atoms with E-state index in [2.05, 4.69) is 9.97 Å². The summed E-state index contributed by atoms with van der Waals surface area (Å²) in [7, 11) is 0. The molecule has 0 aliphatic rings. The molecule has 0 bridgehead atoms. The summed E-state index contributed by atoms with van der Waals surface area (Å²) in [5, 5.41) is 2.83. The standard InChI is InChI=1S/C10H9ClN2OS/c11-9-7-15-10(13-9)14-6-4-8-3-1-2-5-12-8/h1-3,5,7H,4,6H2. The van der Waals surface area contributed by atoms with Gasteiger partial charge in [-0.15, -0.1) is 0 Å². The van der Waals surface area contributed by atoms with Crippen LogP contribution in [0.4, 0.5) is 0 Å². The van der Waals surface area contributed by atoms with Crippen molar-refractivity contribution in [2.24, 2.45) is 0 Å². The second-order valence-electron chi connectivity index (χ2n) is 2.86. The highest BCUT2D eigenvalue weighted by Gasteiger charge is 2.00. The summed E-state index contributed by atoms with van der Waals surface area (Å²) in [5.74, 6) is 0. The summed E-state index contributed by atoms with van der Waals surface area (Å²) in [6.45, 7) is 0.570. The average Bonchev–Trinajstić information content (AvgIpc) is 2.66. The van der Waals surface area contributed by atoms with Crippen LogP contribution in [-0.2, 0) is 6.42 Å². The van der Waals surface area contributed by atoms with Gasteiger partial charge in [0.1, 0.15) is 5.15 Å². The van der Waals surface area contributed by atoms with Crippen LogP contribution in [0, 0.1) is 0 Å². The molecule has 0 atom stereocenters. The number of halogens is 1. The Balaban J connectivity index is 1.80.